The van der Waals surface area contributed by atoms with Crippen molar-refractivity contribution in [3.63, 3.8) is 0 Å². The number of rotatable bonds is 3. The maximum Gasteiger partial charge on any atom is 0.111 e. The lowest BCUT2D eigenvalue weighted by molar-refractivity contribution is 0.715. The molecule has 88 valence electrons. The van der Waals surface area contributed by atoms with Gasteiger partial charge in [0.2, 0.25) is 0 Å². The van der Waals surface area contributed by atoms with E-state index in [4.69, 9.17) is 0 Å². The summed E-state index contributed by atoms with van der Waals surface area (Å²) in [6.07, 6.45) is 4.43. The molecule has 4 heteroatoms. The molecule has 0 amide bonds. The highest BCUT2D eigenvalue weighted by Crippen LogP contribution is 2.40. The number of aromatic nitrogens is 3. The van der Waals surface area contributed by atoms with Gasteiger partial charge in [-0.2, -0.15) is 5.10 Å². The summed E-state index contributed by atoms with van der Waals surface area (Å²) in [7, 11) is 3.90. The second-order valence-corrected chi connectivity index (χ2v) is 4.53. The first-order valence-electron chi connectivity index (χ1n) is 5.96. The van der Waals surface area contributed by atoms with Crippen molar-refractivity contribution < 1.29 is 0 Å². The predicted molar refractivity (Wildman–Crippen MR) is 68.0 cm³/mol. The van der Waals surface area contributed by atoms with E-state index in [0.29, 0.717) is 0 Å². The molecule has 1 aliphatic carbocycles. The Morgan fingerprint density at radius 2 is 2.12 bits per heavy atom. The lowest BCUT2D eigenvalue weighted by Gasteiger charge is -1.99. The third kappa shape index (κ3) is 1.90. The number of anilines is 1. The molecule has 0 saturated heterocycles. The summed E-state index contributed by atoms with van der Waals surface area (Å²) in [5, 5.41) is 7.59. The molecule has 1 aliphatic rings. The third-order valence-corrected chi connectivity index (χ3v) is 3.23. The Kier molecular flexibility index (Phi) is 2.35. The van der Waals surface area contributed by atoms with E-state index in [9.17, 15) is 0 Å². The minimum atomic E-state index is 0.720. The van der Waals surface area contributed by atoms with Crippen LogP contribution in [0.5, 0.6) is 0 Å². The average Bonchev–Trinajstić information content (AvgIpc) is 3.13. The molecule has 2 aromatic heterocycles. The Hall–Kier alpha value is -1.84. The van der Waals surface area contributed by atoms with Crippen molar-refractivity contribution in [3.8, 4) is 11.4 Å². The molecule has 2 heterocycles. The number of nitrogens with one attached hydrogen (secondary N) is 1. The van der Waals surface area contributed by atoms with Gasteiger partial charge in [-0.05, 0) is 31.0 Å². The maximum absolute atomic E-state index is 4.53. The summed E-state index contributed by atoms with van der Waals surface area (Å²) in [4.78, 5) is 4.42. The van der Waals surface area contributed by atoms with Gasteiger partial charge in [0, 0.05) is 25.7 Å². The normalized spacial score (nSPS) is 14.9. The van der Waals surface area contributed by atoms with Crippen LogP contribution in [0.2, 0.25) is 0 Å². The first kappa shape index (κ1) is 10.3. The number of hydrogen-bond donors (Lipinski definition) is 1. The van der Waals surface area contributed by atoms with E-state index in [0.717, 1.165) is 23.0 Å². The van der Waals surface area contributed by atoms with Crippen molar-refractivity contribution in [2.45, 2.75) is 18.8 Å². The first-order valence-corrected chi connectivity index (χ1v) is 5.96. The number of aryl methyl sites for hydroxylation is 1. The van der Waals surface area contributed by atoms with Crippen molar-refractivity contribution >= 4 is 5.69 Å². The Morgan fingerprint density at radius 3 is 2.71 bits per heavy atom. The largest absolute Gasteiger partial charge is 0.387 e. The molecule has 17 heavy (non-hydrogen) atoms. The van der Waals surface area contributed by atoms with Crippen molar-refractivity contribution in [2.24, 2.45) is 7.05 Å². The molecular weight excluding hydrogens is 212 g/mol. The summed E-state index contributed by atoms with van der Waals surface area (Å²) < 4.78 is 1.99. The topological polar surface area (TPSA) is 42.7 Å². The van der Waals surface area contributed by atoms with Gasteiger partial charge in [0.1, 0.15) is 5.69 Å². The molecule has 0 bridgehead atoms. The van der Waals surface area contributed by atoms with Crippen LogP contribution in [0.1, 0.15) is 24.5 Å². The number of hydrogen-bond acceptors (Lipinski definition) is 3. The molecule has 0 spiro atoms. The van der Waals surface area contributed by atoms with Crippen LogP contribution in [0, 0.1) is 0 Å². The van der Waals surface area contributed by atoms with Crippen LogP contribution in [0.4, 0.5) is 5.69 Å². The van der Waals surface area contributed by atoms with Gasteiger partial charge >= 0.3 is 0 Å². The van der Waals surface area contributed by atoms with Crippen LogP contribution in [0.3, 0.4) is 0 Å². The summed E-state index contributed by atoms with van der Waals surface area (Å²) in [5.74, 6) is 0.720. The molecule has 1 N–H and O–H groups in total. The third-order valence-electron chi connectivity index (χ3n) is 3.23. The molecule has 2 aromatic rings. The minimum Gasteiger partial charge on any atom is -0.387 e. The minimum absolute atomic E-state index is 0.720. The van der Waals surface area contributed by atoms with Crippen molar-refractivity contribution in [1.29, 1.82) is 0 Å². The molecule has 4 nitrogen and oxygen atoms in total. The van der Waals surface area contributed by atoms with Crippen LogP contribution < -0.4 is 5.32 Å². The van der Waals surface area contributed by atoms with Gasteiger partial charge in [-0.1, -0.05) is 0 Å². The first-order chi connectivity index (χ1) is 8.28. The zero-order chi connectivity index (χ0) is 11.8. The summed E-state index contributed by atoms with van der Waals surface area (Å²) in [5.41, 5.74) is 4.26. The van der Waals surface area contributed by atoms with Crippen molar-refractivity contribution in [3.05, 3.63) is 30.1 Å². The highest BCUT2D eigenvalue weighted by atomic mass is 15.3. The van der Waals surface area contributed by atoms with Gasteiger partial charge in [-0.25, -0.2) is 0 Å². The average molecular weight is 228 g/mol. The van der Waals surface area contributed by atoms with Crippen LogP contribution in [0.25, 0.3) is 11.4 Å². The van der Waals surface area contributed by atoms with Gasteiger partial charge in [-0.15, -0.1) is 0 Å². The molecule has 0 unspecified atom stereocenters. The zero-order valence-electron chi connectivity index (χ0n) is 10.1. The lowest BCUT2D eigenvalue weighted by atomic mass is 10.2. The second-order valence-electron chi connectivity index (χ2n) is 4.53. The summed E-state index contributed by atoms with van der Waals surface area (Å²) >= 11 is 0. The molecular formula is C13H16N4. The molecule has 1 saturated carbocycles. The standard InChI is InChI=1S/C13H16N4/c1-14-10-5-6-11(15-8-10)12-7-13(9-3-4-9)17(2)16-12/h5-9,14H,3-4H2,1-2H3. The SMILES string of the molecule is CNc1ccc(-c2cc(C3CC3)n(C)n2)nc1. The smallest absolute Gasteiger partial charge is 0.111 e. The van der Waals surface area contributed by atoms with Crippen molar-refractivity contribution in [2.75, 3.05) is 12.4 Å². The van der Waals surface area contributed by atoms with E-state index in [2.05, 4.69) is 21.5 Å². The predicted octanol–water partition coefficient (Wildman–Crippen LogP) is 2.40. The van der Waals surface area contributed by atoms with E-state index in [1.165, 1.54) is 18.5 Å². The molecule has 0 atom stereocenters. The van der Waals surface area contributed by atoms with Crippen molar-refractivity contribution in [1.82, 2.24) is 14.8 Å². The van der Waals surface area contributed by atoms with E-state index in [-0.39, 0.29) is 0 Å². The summed E-state index contributed by atoms with van der Waals surface area (Å²) in [6, 6.07) is 6.19. The Balaban J connectivity index is 1.94. The highest BCUT2D eigenvalue weighted by Gasteiger charge is 2.27. The second kappa shape index (κ2) is 3.87. The van der Waals surface area contributed by atoms with Gasteiger partial charge < -0.3 is 5.32 Å². The quantitative estimate of drug-likeness (QED) is 0.877. The highest BCUT2D eigenvalue weighted by molar-refractivity contribution is 5.57. The molecule has 0 radical (unpaired) electrons. The fraction of sp³-hybridized carbons (Fsp3) is 0.385. The Labute approximate surface area is 101 Å². The van der Waals surface area contributed by atoms with E-state index in [1.807, 2.05) is 37.1 Å². The fourth-order valence-electron chi connectivity index (χ4n) is 2.06. The molecule has 0 aliphatic heterocycles. The molecule has 3 rings (SSSR count). The van der Waals surface area contributed by atoms with Gasteiger partial charge in [0.05, 0.1) is 17.6 Å². The fourth-order valence-corrected chi connectivity index (χ4v) is 2.06. The number of pyridine rings is 1. The monoisotopic (exact) mass is 228 g/mol. The van der Waals surface area contributed by atoms with Crippen LogP contribution in [-0.2, 0) is 7.05 Å². The van der Waals surface area contributed by atoms with Crippen LogP contribution in [-0.4, -0.2) is 21.8 Å². The zero-order valence-corrected chi connectivity index (χ0v) is 10.1. The van der Waals surface area contributed by atoms with E-state index >= 15 is 0 Å². The van der Waals surface area contributed by atoms with Crippen LogP contribution in [0.15, 0.2) is 24.4 Å². The van der Waals surface area contributed by atoms with Gasteiger partial charge in [0.15, 0.2) is 0 Å². The maximum atomic E-state index is 4.53. The number of nitrogens with zero attached hydrogens (tertiary/aromatic N) is 3. The lowest BCUT2D eigenvalue weighted by Crippen LogP contribution is -1.96. The van der Waals surface area contributed by atoms with Gasteiger partial charge in [0.25, 0.3) is 0 Å². The van der Waals surface area contributed by atoms with Gasteiger partial charge in [-0.3, -0.25) is 9.67 Å². The summed E-state index contributed by atoms with van der Waals surface area (Å²) in [6.45, 7) is 0. The molecule has 0 aromatic carbocycles. The Bertz CT molecular complexity index is 523. The molecule has 1 fully saturated rings. The van der Waals surface area contributed by atoms with E-state index in [1.54, 1.807) is 0 Å². The van der Waals surface area contributed by atoms with Crippen LogP contribution >= 0.6 is 0 Å². The Morgan fingerprint density at radius 1 is 1.29 bits per heavy atom. The van der Waals surface area contributed by atoms with E-state index < -0.39 is 0 Å².